The molecule has 23 heavy (non-hydrogen) atoms. The average Bonchev–Trinajstić information content (AvgIpc) is 2.59. The van der Waals surface area contributed by atoms with Crippen LogP contribution < -0.4 is 5.73 Å². The first-order valence-electron chi connectivity index (χ1n) is 8.32. The molecular formula is C19H24N2O2. The van der Waals surface area contributed by atoms with Gasteiger partial charge >= 0.3 is 5.97 Å². The van der Waals surface area contributed by atoms with Crippen LogP contribution in [-0.2, 0) is 16.1 Å². The van der Waals surface area contributed by atoms with Crippen molar-refractivity contribution < 1.29 is 9.53 Å². The van der Waals surface area contributed by atoms with Crippen molar-refractivity contribution in [3.05, 3.63) is 59.7 Å². The molecule has 4 nitrogen and oxygen atoms in total. The third kappa shape index (κ3) is 4.30. The minimum absolute atomic E-state index is 0.0841. The zero-order valence-electron chi connectivity index (χ0n) is 13.4. The van der Waals surface area contributed by atoms with Crippen LogP contribution in [0.15, 0.2) is 54.1 Å². The predicted molar refractivity (Wildman–Crippen MR) is 90.6 cm³/mol. The molecule has 0 radical (unpaired) electrons. The van der Waals surface area contributed by atoms with Crippen LogP contribution in [0.4, 0.5) is 0 Å². The smallest absolute Gasteiger partial charge is 0.338 e. The molecule has 1 aliphatic heterocycles. The van der Waals surface area contributed by atoms with Crippen LogP contribution in [0.3, 0.4) is 0 Å². The molecule has 1 fully saturated rings. The maximum absolute atomic E-state index is 12.3. The minimum Gasteiger partial charge on any atom is -0.456 e. The minimum atomic E-state index is -0.247. The van der Waals surface area contributed by atoms with Crippen molar-refractivity contribution in [1.82, 2.24) is 4.90 Å². The van der Waals surface area contributed by atoms with E-state index in [0.29, 0.717) is 12.1 Å². The summed E-state index contributed by atoms with van der Waals surface area (Å²) < 4.78 is 5.69. The topological polar surface area (TPSA) is 55.6 Å². The first-order valence-corrected chi connectivity index (χ1v) is 8.32. The molecule has 1 aromatic rings. The highest BCUT2D eigenvalue weighted by atomic mass is 16.5. The first-order chi connectivity index (χ1) is 11.2. The fourth-order valence-electron chi connectivity index (χ4n) is 3.08. The zero-order valence-corrected chi connectivity index (χ0v) is 13.4. The van der Waals surface area contributed by atoms with E-state index in [-0.39, 0.29) is 18.1 Å². The Bertz CT molecular complexity index is 595. The third-order valence-corrected chi connectivity index (χ3v) is 4.43. The molecule has 1 heterocycles. The van der Waals surface area contributed by atoms with Gasteiger partial charge in [0.15, 0.2) is 0 Å². The van der Waals surface area contributed by atoms with Gasteiger partial charge in [-0.2, -0.15) is 0 Å². The van der Waals surface area contributed by atoms with Gasteiger partial charge in [0.05, 0.1) is 5.57 Å². The van der Waals surface area contributed by atoms with Crippen LogP contribution in [0.1, 0.15) is 24.8 Å². The molecule has 0 bridgehead atoms. The van der Waals surface area contributed by atoms with E-state index in [1.54, 1.807) is 0 Å². The van der Waals surface area contributed by atoms with Gasteiger partial charge in [-0.05, 0) is 24.8 Å². The number of hydrogen-bond donors (Lipinski definition) is 1. The van der Waals surface area contributed by atoms with E-state index < -0.39 is 0 Å². The lowest BCUT2D eigenvalue weighted by Gasteiger charge is -2.36. The molecule has 2 unspecified atom stereocenters. The van der Waals surface area contributed by atoms with Gasteiger partial charge in [0.25, 0.3) is 0 Å². The van der Waals surface area contributed by atoms with Crippen LogP contribution in [0.2, 0.25) is 0 Å². The highest BCUT2D eigenvalue weighted by molar-refractivity contribution is 5.91. The number of likely N-dealkylation sites (tertiary alicyclic amines) is 1. The number of carbonyl (C=O) groups excluding carboxylic acids is 1. The van der Waals surface area contributed by atoms with Crippen LogP contribution in [0.25, 0.3) is 0 Å². The molecule has 2 atom stereocenters. The number of carbonyl (C=O) groups is 1. The molecule has 2 N–H and O–H groups in total. The van der Waals surface area contributed by atoms with E-state index in [1.807, 2.05) is 36.4 Å². The number of nitrogens with zero attached hydrogens (tertiary/aromatic N) is 1. The van der Waals surface area contributed by atoms with Crippen molar-refractivity contribution in [2.24, 2.45) is 5.73 Å². The Hall–Kier alpha value is -1.91. The normalized spacial score (nSPS) is 25.0. The molecule has 2 aliphatic rings. The number of rotatable bonds is 4. The van der Waals surface area contributed by atoms with E-state index in [9.17, 15) is 4.79 Å². The standard InChI is InChI=1S/C19H24N2O2/c20-17-11-12-21(13-15-7-3-1-4-8-15)14-18(17)23-19(22)16-9-5-2-6-10-16/h1,3-5,7-10,17-18H,2,6,11-14,20H2. The molecule has 1 aliphatic carbocycles. The van der Waals surface area contributed by atoms with Crippen molar-refractivity contribution >= 4 is 5.97 Å². The van der Waals surface area contributed by atoms with E-state index in [0.717, 1.165) is 32.4 Å². The van der Waals surface area contributed by atoms with E-state index in [4.69, 9.17) is 10.5 Å². The molecule has 4 heteroatoms. The van der Waals surface area contributed by atoms with Crippen LogP contribution in [0, 0.1) is 0 Å². The highest BCUT2D eigenvalue weighted by Gasteiger charge is 2.30. The molecule has 1 aromatic carbocycles. The zero-order chi connectivity index (χ0) is 16.1. The molecule has 3 rings (SSSR count). The molecular weight excluding hydrogens is 288 g/mol. The summed E-state index contributed by atoms with van der Waals surface area (Å²) in [6, 6.07) is 10.3. The maximum atomic E-state index is 12.3. The number of allylic oxidation sites excluding steroid dienone is 2. The predicted octanol–water partition coefficient (Wildman–Crippen LogP) is 2.41. The summed E-state index contributed by atoms with van der Waals surface area (Å²) >= 11 is 0. The Balaban J connectivity index is 1.58. The second kappa shape index (κ2) is 7.57. The second-order valence-electron chi connectivity index (χ2n) is 6.26. The number of nitrogens with two attached hydrogens (primary N) is 1. The lowest BCUT2D eigenvalue weighted by molar-refractivity contribution is -0.147. The SMILES string of the molecule is NC1CCN(Cc2ccccc2)CC1OC(=O)C1=CCCC=C1. The number of hydrogen-bond acceptors (Lipinski definition) is 4. The fraction of sp³-hybridized carbons (Fsp3) is 0.421. The maximum Gasteiger partial charge on any atom is 0.338 e. The van der Waals surface area contributed by atoms with Crippen molar-refractivity contribution in [1.29, 1.82) is 0 Å². The molecule has 0 amide bonds. The van der Waals surface area contributed by atoms with Crippen LogP contribution in [0.5, 0.6) is 0 Å². The van der Waals surface area contributed by atoms with Gasteiger partial charge in [-0.15, -0.1) is 0 Å². The highest BCUT2D eigenvalue weighted by Crippen LogP contribution is 2.18. The molecule has 122 valence electrons. The summed E-state index contributed by atoms with van der Waals surface area (Å²) in [5, 5.41) is 0. The quantitative estimate of drug-likeness (QED) is 0.868. The van der Waals surface area contributed by atoms with Crippen LogP contribution >= 0.6 is 0 Å². The Labute approximate surface area is 137 Å². The lowest BCUT2D eigenvalue weighted by atomic mass is 10.0. The van der Waals surface area contributed by atoms with Crippen molar-refractivity contribution in [3.63, 3.8) is 0 Å². The first kappa shape index (κ1) is 16.0. The monoisotopic (exact) mass is 312 g/mol. The second-order valence-corrected chi connectivity index (χ2v) is 6.26. The van der Waals surface area contributed by atoms with Gasteiger partial charge in [-0.3, -0.25) is 4.90 Å². The summed E-state index contributed by atoms with van der Waals surface area (Å²) in [5.41, 5.74) is 8.10. The Morgan fingerprint density at radius 1 is 1.26 bits per heavy atom. The largest absolute Gasteiger partial charge is 0.456 e. The summed E-state index contributed by atoms with van der Waals surface area (Å²) in [7, 11) is 0. The molecule has 0 aromatic heterocycles. The molecule has 0 spiro atoms. The van der Waals surface area contributed by atoms with Gasteiger partial charge in [0, 0.05) is 25.7 Å². The van der Waals surface area contributed by atoms with Crippen molar-refractivity contribution in [2.45, 2.75) is 38.0 Å². The molecule has 0 saturated carbocycles. The van der Waals surface area contributed by atoms with E-state index in [2.05, 4.69) is 17.0 Å². The Morgan fingerprint density at radius 2 is 2.09 bits per heavy atom. The summed E-state index contributed by atoms with van der Waals surface area (Å²) in [6.07, 6.45) is 8.30. The molecule has 1 saturated heterocycles. The number of esters is 1. The van der Waals surface area contributed by atoms with Crippen molar-refractivity contribution in [3.8, 4) is 0 Å². The van der Waals surface area contributed by atoms with Crippen molar-refractivity contribution in [2.75, 3.05) is 13.1 Å². The van der Waals surface area contributed by atoms with E-state index in [1.165, 1.54) is 5.56 Å². The van der Waals surface area contributed by atoms with Gasteiger partial charge in [0.1, 0.15) is 6.10 Å². The Kier molecular flexibility index (Phi) is 5.26. The summed E-state index contributed by atoms with van der Waals surface area (Å²) in [6.45, 7) is 2.50. The fourth-order valence-corrected chi connectivity index (χ4v) is 3.08. The van der Waals surface area contributed by atoms with Gasteiger partial charge in [-0.25, -0.2) is 4.79 Å². The van der Waals surface area contributed by atoms with E-state index >= 15 is 0 Å². The number of benzene rings is 1. The third-order valence-electron chi connectivity index (χ3n) is 4.43. The number of piperidine rings is 1. The average molecular weight is 312 g/mol. The van der Waals surface area contributed by atoms with Gasteiger partial charge in [0.2, 0.25) is 0 Å². The summed E-state index contributed by atoms with van der Waals surface area (Å²) in [4.78, 5) is 14.6. The number of ether oxygens (including phenoxy) is 1. The Morgan fingerprint density at radius 3 is 2.83 bits per heavy atom. The van der Waals surface area contributed by atoms with Gasteiger partial charge < -0.3 is 10.5 Å². The lowest BCUT2D eigenvalue weighted by Crippen LogP contribution is -2.52. The van der Waals surface area contributed by atoms with Gasteiger partial charge in [-0.1, -0.05) is 48.6 Å². The van der Waals surface area contributed by atoms with Crippen LogP contribution in [-0.4, -0.2) is 36.1 Å². The summed E-state index contributed by atoms with van der Waals surface area (Å²) in [5.74, 6) is -0.247.